The molecule has 0 spiro atoms. The molecule has 3 aromatic rings. The van der Waals surface area contributed by atoms with Gasteiger partial charge in [-0.15, -0.1) is 21.5 Å². The molecule has 11 heteroatoms. The van der Waals surface area contributed by atoms with Crippen LogP contribution in [0.3, 0.4) is 0 Å². The largest absolute Gasteiger partial charge is 0.356 e. The van der Waals surface area contributed by atoms with Crippen LogP contribution in [0.4, 0.5) is 0 Å². The molecule has 0 saturated carbocycles. The Kier molecular flexibility index (Phi) is 9.86. The van der Waals surface area contributed by atoms with Crippen LogP contribution in [0.5, 0.6) is 0 Å². The standard InChI is InChI=1S/C18H14ClN5S.C10H21N3O/c1-10-14(7-8-20)25-18-16(10)17(12-3-5-13(19)6-4-12)21-9-15-23-22-11(2)24(15)18;1-10(14)11-4-3-5-13-8-6-12(2)7-9-13/h3-6H,7,9H2,1-2H3;3-9H2,1-2H3,(H,11,14). The monoisotopic (exact) mass is 566 g/mol. The molecule has 1 aromatic carbocycles. The second-order valence-electron chi connectivity index (χ2n) is 9.82. The van der Waals surface area contributed by atoms with Crippen LogP contribution in [-0.4, -0.2) is 82.5 Å². The molecule has 2 aliphatic rings. The first kappa shape index (κ1) is 28.9. The zero-order valence-corrected chi connectivity index (χ0v) is 24.6. The first-order valence-corrected chi connectivity index (χ1v) is 14.3. The van der Waals surface area contributed by atoms with Crippen LogP contribution in [0.1, 0.15) is 46.6 Å². The maximum atomic E-state index is 10.6. The molecule has 39 heavy (non-hydrogen) atoms. The minimum absolute atomic E-state index is 0.0726. The molecule has 1 fully saturated rings. The molecule has 2 aromatic heterocycles. The Morgan fingerprint density at radius 2 is 1.87 bits per heavy atom. The van der Waals surface area contributed by atoms with E-state index in [1.807, 2.05) is 31.2 Å². The highest BCUT2D eigenvalue weighted by atomic mass is 35.5. The maximum Gasteiger partial charge on any atom is 0.216 e. The van der Waals surface area contributed by atoms with Gasteiger partial charge in [0.05, 0.1) is 18.2 Å². The van der Waals surface area contributed by atoms with Gasteiger partial charge >= 0.3 is 0 Å². The van der Waals surface area contributed by atoms with E-state index in [0.717, 1.165) is 76.5 Å². The lowest BCUT2D eigenvalue weighted by Gasteiger charge is -2.32. The first-order chi connectivity index (χ1) is 18.8. The topological polar surface area (TPSA) is 102 Å². The number of carbonyl (C=O) groups excluding carboxylic acids is 1. The highest BCUT2D eigenvalue weighted by Crippen LogP contribution is 2.37. The number of likely N-dealkylation sites (N-methyl/N-ethyl adjacent to an activating group) is 1. The quantitative estimate of drug-likeness (QED) is 0.456. The van der Waals surface area contributed by atoms with Crippen LogP contribution in [-0.2, 0) is 17.8 Å². The minimum atomic E-state index is 0.0726. The van der Waals surface area contributed by atoms with Gasteiger partial charge in [-0.05, 0) is 51.6 Å². The van der Waals surface area contributed by atoms with Gasteiger partial charge < -0.3 is 15.1 Å². The fourth-order valence-electron chi connectivity index (χ4n) is 4.70. The van der Waals surface area contributed by atoms with Crippen LogP contribution >= 0.6 is 22.9 Å². The molecular formula is C28H35ClN8OS. The predicted octanol–water partition coefficient (Wildman–Crippen LogP) is 3.78. The van der Waals surface area contributed by atoms with Crippen molar-refractivity contribution in [2.75, 3.05) is 46.3 Å². The van der Waals surface area contributed by atoms with Crippen molar-refractivity contribution in [1.82, 2.24) is 29.9 Å². The third kappa shape index (κ3) is 7.11. The van der Waals surface area contributed by atoms with E-state index in [0.29, 0.717) is 18.0 Å². The normalized spacial score (nSPS) is 15.2. The van der Waals surface area contributed by atoms with Gasteiger partial charge in [-0.3, -0.25) is 14.4 Å². The van der Waals surface area contributed by atoms with Crippen LogP contribution < -0.4 is 5.32 Å². The van der Waals surface area contributed by atoms with Crippen molar-refractivity contribution in [3.8, 4) is 11.1 Å². The van der Waals surface area contributed by atoms with E-state index in [4.69, 9.17) is 21.9 Å². The molecule has 0 bridgehead atoms. The number of aliphatic imine (C=N–C) groups is 1. The Balaban J connectivity index is 0.000000215. The number of fused-ring (bicyclic) bond motifs is 3. The number of carbonyl (C=O) groups is 1. The van der Waals surface area contributed by atoms with Gasteiger partial charge in [-0.2, -0.15) is 5.26 Å². The van der Waals surface area contributed by atoms with E-state index >= 15 is 0 Å². The molecule has 1 saturated heterocycles. The van der Waals surface area contributed by atoms with Gasteiger partial charge in [0.25, 0.3) is 0 Å². The Morgan fingerprint density at radius 3 is 2.54 bits per heavy atom. The number of benzene rings is 1. The SMILES string of the molecule is CC(=O)NCCCN1CCN(C)CC1.Cc1c(CC#N)sc2c1C(c1ccc(Cl)cc1)=NCc1nnc(C)n1-2. The van der Waals surface area contributed by atoms with E-state index in [9.17, 15) is 4.79 Å². The first-order valence-electron chi connectivity index (χ1n) is 13.1. The Morgan fingerprint density at radius 1 is 1.15 bits per heavy atom. The molecule has 5 rings (SSSR count). The van der Waals surface area contributed by atoms with E-state index in [1.54, 1.807) is 18.3 Å². The third-order valence-electron chi connectivity index (χ3n) is 6.92. The molecule has 0 radical (unpaired) electrons. The Hall–Kier alpha value is -3.10. The summed E-state index contributed by atoms with van der Waals surface area (Å²) in [6.45, 7) is 12.6. The van der Waals surface area contributed by atoms with Crippen molar-refractivity contribution >= 4 is 34.6 Å². The number of rotatable bonds is 6. The average Bonchev–Trinajstić information content (AvgIpc) is 3.37. The third-order valence-corrected chi connectivity index (χ3v) is 8.44. The lowest BCUT2D eigenvalue weighted by atomic mass is 9.99. The second kappa shape index (κ2) is 13.3. The van der Waals surface area contributed by atoms with Crippen molar-refractivity contribution < 1.29 is 4.79 Å². The lowest BCUT2D eigenvalue weighted by Crippen LogP contribution is -2.45. The van der Waals surface area contributed by atoms with Crippen molar-refractivity contribution in [1.29, 1.82) is 5.26 Å². The van der Waals surface area contributed by atoms with Gasteiger partial charge in [-0.25, -0.2) is 0 Å². The summed E-state index contributed by atoms with van der Waals surface area (Å²) in [5.74, 6) is 1.71. The van der Waals surface area contributed by atoms with Crippen molar-refractivity contribution in [3.63, 3.8) is 0 Å². The highest BCUT2D eigenvalue weighted by Gasteiger charge is 2.27. The summed E-state index contributed by atoms with van der Waals surface area (Å²) in [6.07, 6.45) is 1.44. The molecule has 4 heterocycles. The highest BCUT2D eigenvalue weighted by molar-refractivity contribution is 7.15. The van der Waals surface area contributed by atoms with Crippen molar-refractivity contribution in [2.24, 2.45) is 4.99 Å². The number of hydrogen-bond acceptors (Lipinski definition) is 8. The van der Waals surface area contributed by atoms with Gasteiger partial charge in [0.2, 0.25) is 5.91 Å². The summed E-state index contributed by atoms with van der Waals surface area (Å²) >= 11 is 7.66. The minimum Gasteiger partial charge on any atom is -0.356 e. The Labute approximate surface area is 239 Å². The van der Waals surface area contributed by atoms with Gasteiger partial charge in [0.1, 0.15) is 17.4 Å². The number of halogens is 1. The fraction of sp³-hybridized carbons (Fsp3) is 0.464. The second-order valence-corrected chi connectivity index (χ2v) is 11.3. The molecule has 1 amide bonds. The van der Waals surface area contributed by atoms with Crippen LogP contribution in [0.15, 0.2) is 29.3 Å². The summed E-state index contributed by atoms with van der Waals surface area (Å²) in [4.78, 5) is 21.3. The number of nitrogens with one attached hydrogen (secondary N) is 1. The average molecular weight is 567 g/mol. The zero-order chi connectivity index (χ0) is 27.9. The number of aromatic nitrogens is 3. The number of hydrogen-bond donors (Lipinski definition) is 1. The van der Waals surface area contributed by atoms with Gasteiger partial charge in [-0.1, -0.05) is 23.7 Å². The number of aryl methyl sites for hydroxylation is 1. The zero-order valence-electron chi connectivity index (χ0n) is 23.0. The van der Waals surface area contributed by atoms with Crippen molar-refractivity contribution in [3.05, 3.63) is 62.5 Å². The molecule has 0 atom stereocenters. The number of nitriles is 1. The summed E-state index contributed by atoms with van der Waals surface area (Å²) in [7, 11) is 2.16. The number of amides is 1. The number of piperazine rings is 1. The lowest BCUT2D eigenvalue weighted by molar-refractivity contribution is -0.118. The summed E-state index contributed by atoms with van der Waals surface area (Å²) in [5, 5.41) is 22.2. The van der Waals surface area contributed by atoms with Crippen LogP contribution in [0.2, 0.25) is 5.02 Å². The maximum absolute atomic E-state index is 10.6. The van der Waals surface area contributed by atoms with Crippen LogP contribution in [0.25, 0.3) is 5.00 Å². The summed E-state index contributed by atoms with van der Waals surface area (Å²) < 4.78 is 2.06. The van der Waals surface area contributed by atoms with E-state index in [1.165, 1.54) is 13.1 Å². The predicted molar refractivity (Wildman–Crippen MR) is 156 cm³/mol. The van der Waals surface area contributed by atoms with Gasteiger partial charge in [0.15, 0.2) is 5.82 Å². The molecule has 0 unspecified atom stereocenters. The van der Waals surface area contributed by atoms with Gasteiger partial charge in [0, 0.05) is 60.7 Å². The molecule has 0 aliphatic carbocycles. The summed E-state index contributed by atoms with van der Waals surface area (Å²) in [6, 6.07) is 9.95. The fourth-order valence-corrected chi connectivity index (χ4v) is 6.14. The molecule has 1 N–H and O–H groups in total. The van der Waals surface area contributed by atoms with Crippen molar-refractivity contribution in [2.45, 2.75) is 40.2 Å². The number of nitrogens with zero attached hydrogens (tertiary/aromatic N) is 7. The Bertz CT molecular complexity index is 1360. The molecule has 9 nitrogen and oxygen atoms in total. The van der Waals surface area contributed by atoms with E-state index in [-0.39, 0.29) is 5.91 Å². The van der Waals surface area contributed by atoms with E-state index < -0.39 is 0 Å². The molecular weight excluding hydrogens is 532 g/mol. The van der Waals surface area contributed by atoms with E-state index in [2.05, 4.69) is 49.9 Å². The summed E-state index contributed by atoms with van der Waals surface area (Å²) in [5.41, 5.74) is 4.07. The smallest absolute Gasteiger partial charge is 0.216 e. The number of thiophene rings is 1. The molecule has 206 valence electrons. The molecule has 2 aliphatic heterocycles. The van der Waals surface area contributed by atoms with Crippen LogP contribution in [0, 0.1) is 25.2 Å².